The molecule has 4 heterocycles. The highest BCUT2D eigenvalue weighted by molar-refractivity contribution is 6.39. The lowest BCUT2D eigenvalue weighted by Crippen LogP contribution is -2.39. The van der Waals surface area contributed by atoms with Crippen LogP contribution in [-0.2, 0) is 4.74 Å². The van der Waals surface area contributed by atoms with Crippen molar-refractivity contribution in [2.24, 2.45) is 0 Å². The lowest BCUT2D eigenvalue weighted by molar-refractivity contribution is 0.0263. The molecule has 0 aromatic carbocycles. The van der Waals surface area contributed by atoms with Crippen LogP contribution in [-0.4, -0.2) is 78.9 Å². The van der Waals surface area contributed by atoms with Crippen LogP contribution in [0.4, 0.5) is 16.2 Å². The average molecular weight is 592 g/mol. The summed E-state index contributed by atoms with van der Waals surface area (Å²) in [5.74, 6) is 0. The van der Waals surface area contributed by atoms with E-state index in [1.165, 1.54) is 0 Å². The molecule has 2 aliphatic heterocycles. The third kappa shape index (κ3) is 8.93. The van der Waals surface area contributed by atoms with E-state index >= 15 is 0 Å². The molecular weight excluding hydrogens is 558 g/mol. The number of hydrogen-bond donors (Lipinski definition) is 1. The molecule has 1 amide bonds. The Bertz CT molecular complexity index is 1000. The largest absolute Gasteiger partial charge is 0.444 e. The predicted molar refractivity (Wildman–Crippen MR) is 153 cm³/mol. The highest BCUT2D eigenvalue weighted by Crippen LogP contribution is 2.34. The second-order valence-electron chi connectivity index (χ2n) is 9.80. The van der Waals surface area contributed by atoms with Crippen molar-refractivity contribution in [1.82, 2.24) is 20.2 Å². The van der Waals surface area contributed by atoms with Crippen molar-refractivity contribution in [3.05, 3.63) is 44.9 Å². The lowest BCUT2D eigenvalue weighted by Gasteiger charge is -2.27. The van der Waals surface area contributed by atoms with Gasteiger partial charge in [0.15, 0.2) is 0 Å². The molecule has 0 unspecified atom stereocenters. The van der Waals surface area contributed by atoms with Gasteiger partial charge in [-0.05, 0) is 40.2 Å². The van der Waals surface area contributed by atoms with Gasteiger partial charge in [0.25, 0.3) is 0 Å². The first-order valence-corrected chi connectivity index (χ1v) is 13.8. The number of halogens is 4. The van der Waals surface area contributed by atoms with E-state index in [4.69, 9.17) is 51.1 Å². The maximum atomic E-state index is 12.2. The minimum Gasteiger partial charge on any atom is -0.444 e. The third-order valence-corrected chi connectivity index (χ3v) is 6.88. The number of carbonyl (C=O) groups is 1. The smallest absolute Gasteiger partial charge is 0.410 e. The molecule has 2 saturated heterocycles. The minimum absolute atomic E-state index is 0.277. The molecule has 4 rings (SSSR count). The summed E-state index contributed by atoms with van der Waals surface area (Å²) in [5, 5.41) is 5.65. The average Bonchev–Trinajstić information content (AvgIpc) is 3.22. The van der Waals surface area contributed by atoms with Crippen LogP contribution in [0.2, 0.25) is 20.1 Å². The molecule has 8 nitrogen and oxygen atoms in total. The van der Waals surface area contributed by atoms with E-state index in [-0.39, 0.29) is 6.09 Å². The van der Waals surface area contributed by atoms with Crippen molar-refractivity contribution in [1.29, 1.82) is 0 Å². The van der Waals surface area contributed by atoms with Gasteiger partial charge in [-0.1, -0.05) is 46.4 Å². The Labute approximate surface area is 239 Å². The molecule has 0 radical (unpaired) electrons. The van der Waals surface area contributed by atoms with Crippen molar-refractivity contribution in [3.63, 3.8) is 0 Å². The van der Waals surface area contributed by atoms with Gasteiger partial charge in [0, 0.05) is 70.6 Å². The van der Waals surface area contributed by atoms with E-state index in [9.17, 15) is 4.79 Å². The van der Waals surface area contributed by atoms with Gasteiger partial charge in [-0.25, -0.2) is 4.79 Å². The normalized spacial score (nSPS) is 16.9. The van der Waals surface area contributed by atoms with E-state index in [2.05, 4.69) is 25.1 Å². The fourth-order valence-corrected chi connectivity index (χ4v) is 5.34. The highest BCUT2D eigenvalue weighted by atomic mass is 35.5. The summed E-state index contributed by atoms with van der Waals surface area (Å²) < 4.78 is 5.43. The van der Waals surface area contributed by atoms with Gasteiger partial charge in [0.1, 0.15) is 5.60 Å². The summed E-state index contributed by atoms with van der Waals surface area (Å²) in [7, 11) is 0. The molecule has 0 spiro atoms. The Hall–Kier alpha value is -1.71. The van der Waals surface area contributed by atoms with Crippen LogP contribution in [0.15, 0.2) is 24.8 Å². The number of amides is 1. The maximum absolute atomic E-state index is 12.2. The van der Waals surface area contributed by atoms with Crippen molar-refractivity contribution in [2.45, 2.75) is 39.2 Å². The van der Waals surface area contributed by atoms with E-state index < -0.39 is 5.60 Å². The number of rotatable bonds is 2. The van der Waals surface area contributed by atoms with Gasteiger partial charge >= 0.3 is 6.09 Å². The molecular formula is C25H34Cl4N6O2. The summed E-state index contributed by atoms with van der Waals surface area (Å²) in [4.78, 5) is 26.1. The number of hydrogen-bond acceptors (Lipinski definition) is 7. The Morgan fingerprint density at radius 3 is 1.81 bits per heavy atom. The van der Waals surface area contributed by atoms with E-state index in [1.807, 2.05) is 20.8 Å². The molecule has 2 aliphatic rings. The second-order valence-corrected chi connectivity index (χ2v) is 11.4. The zero-order valence-corrected chi connectivity index (χ0v) is 24.5. The number of ether oxygens (including phenoxy) is 1. The van der Waals surface area contributed by atoms with Crippen LogP contribution in [0, 0.1) is 0 Å². The van der Waals surface area contributed by atoms with Crippen molar-refractivity contribution < 1.29 is 9.53 Å². The molecule has 0 saturated carbocycles. The monoisotopic (exact) mass is 590 g/mol. The third-order valence-electron chi connectivity index (χ3n) is 5.78. The first-order chi connectivity index (χ1) is 17.6. The fourth-order valence-electron chi connectivity index (χ4n) is 4.13. The predicted octanol–water partition coefficient (Wildman–Crippen LogP) is 6.02. The van der Waals surface area contributed by atoms with Crippen molar-refractivity contribution in [3.8, 4) is 0 Å². The van der Waals surface area contributed by atoms with Gasteiger partial charge in [-0.3, -0.25) is 9.97 Å². The zero-order valence-electron chi connectivity index (χ0n) is 21.4. The number of aromatic nitrogens is 2. The molecule has 204 valence electrons. The SMILES string of the molecule is CC(C)(C)OC(=O)N1CCCN(c2c(Cl)cncc2Cl)CC1.Clc1cncc(Cl)c1N1CCCNCC1. The topological polar surface area (TPSA) is 73.8 Å². The number of carbonyl (C=O) groups excluding carboxylic acids is 1. The first kappa shape index (κ1) is 29.8. The quantitative estimate of drug-likeness (QED) is 0.457. The van der Waals surface area contributed by atoms with Crippen molar-refractivity contribution in [2.75, 3.05) is 62.2 Å². The standard InChI is InChI=1S/C15H21Cl2N3O2.C10H13Cl2N3/c1-15(2,3)22-14(21)20-6-4-5-19(7-8-20)13-11(16)9-18-10-12(13)17;11-8-6-14-7-9(12)10(8)15-4-1-2-13-3-5-15/h9-10H,4-8H2,1-3H3;6-7,13H,1-5H2. The van der Waals surface area contributed by atoms with Gasteiger partial charge in [-0.2, -0.15) is 0 Å². The first-order valence-electron chi connectivity index (χ1n) is 12.3. The van der Waals surface area contributed by atoms with E-state index in [1.54, 1.807) is 29.7 Å². The van der Waals surface area contributed by atoms with Crippen LogP contribution in [0.25, 0.3) is 0 Å². The number of pyridine rings is 2. The Balaban J connectivity index is 0.000000220. The number of anilines is 2. The van der Waals surface area contributed by atoms with Crippen LogP contribution in [0.1, 0.15) is 33.6 Å². The van der Waals surface area contributed by atoms with Crippen LogP contribution in [0.3, 0.4) is 0 Å². The summed E-state index contributed by atoms with van der Waals surface area (Å²) in [5.41, 5.74) is 1.21. The minimum atomic E-state index is -0.485. The zero-order chi connectivity index (χ0) is 27.0. The summed E-state index contributed by atoms with van der Waals surface area (Å²) in [6.07, 6.45) is 8.10. The molecule has 2 fully saturated rings. The van der Waals surface area contributed by atoms with Gasteiger partial charge < -0.3 is 24.8 Å². The molecule has 0 bridgehead atoms. The van der Waals surface area contributed by atoms with E-state index in [0.717, 1.165) is 56.9 Å². The van der Waals surface area contributed by atoms with Crippen LogP contribution < -0.4 is 15.1 Å². The van der Waals surface area contributed by atoms with Gasteiger partial charge in [0.05, 0.1) is 31.5 Å². The summed E-state index contributed by atoms with van der Waals surface area (Å²) in [6.45, 7) is 12.2. The van der Waals surface area contributed by atoms with E-state index in [0.29, 0.717) is 39.7 Å². The Morgan fingerprint density at radius 2 is 1.27 bits per heavy atom. The lowest BCUT2D eigenvalue weighted by atomic mass is 10.2. The Morgan fingerprint density at radius 1 is 0.757 bits per heavy atom. The second kappa shape index (κ2) is 13.9. The Kier molecular flexibility index (Phi) is 11.2. The van der Waals surface area contributed by atoms with Crippen LogP contribution >= 0.6 is 46.4 Å². The number of nitrogens with zero attached hydrogens (tertiary/aromatic N) is 5. The summed E-state index contributed by atoms with van der Waals surface area (Å²) >= 11 is 24.6. The maximum Gasteiger partial charge on any atom is 0.410 e. The molecule has 0 aliphatic carbocycles. The highest BCUT2D eigenvalue weighted by Gasteiger charge is 2.26. The molecule has 2 aromatic rings. The molecule has 12 heteroatoms. The molecule has 37 heavy (non-hydrogen) atoms. The van der Waals surface area contributed by atoms with Crippen LogP contribution in [0.5, 0.6) is 0 Å². The molecule has 1 N–H and O–H groups in total. The van der Waals surface area contributed by atoms with Gasteiger partial charge in [-0.15, -0.1) is 0 Å². The summed E-state index contributed by atoms with van der Waals surface area (Å²) in [6, 6.07) is 0. The van der Waals surface area contributed by atoms with Gasteiger partial charge in [0.2, 0.25) is 0 Å². The molecule has 2 aromatic heterocycles. The fraction of sp³-hybridized carbons (Fsp3) is 0.560. The molecule has 0 atom stereocenters. The van der Waals surface area contributed by atoms with Crippen molar-refractivity contribution >= 4 is 63.9 Å². The number of nitrogens with one attached hydrogen (secondary N) is 1.